The van der Waals surface area contributed by atoms with Crippen molar-refractivity contribution in [3.63, 3.8) is 0 Å². The van der Waals surface area contributed by atoms with Crippen LogP contribution in [0.2, 0.25) is 0 Å². The van der Waals surface area contributed by atoms with Crippen LogP contribution in [0, 0.1) is 6.92 Å². The van der Waals surface area contributed by atoms with E-state index in [1.807, 2.05) is 0 Å². The maximum Gasteiger partial charge on any atom is 0.0207 e. The molecule has 1 aromatic rings. The highest BCUT2D eigenvalue weighted by atomic mass is 79.9. The quantitative estimate of drug-likeness (QED) is 0.664. The summed E-state index contributed by atoms with van der Waals surface area (Å²) in [5, 5.41) is 0. The Labute approximate surface area is 76.8 Å². The molecule has 11 heavy (non-hydrogen) atoms. The summed E-state index contributed by atoms with van der Waals surface area (Å²) in [6, 6.07) is 6.36. The molecule has 0 fully saturated rings. The van der Waals surface area contributed by atoms with E-state index in [2.05, 4.69) is 54.9 Å². The topological polar surface area (TPSA) is 0 Å². The molecule has 0 atom stereocenters. The largest absolute Gasteiger partial charge is 0.0608 e. The van der Waals surface area contributed by atoms with Crippen LogP contribution in [0.5, 0.6) is 0 Å². The molecule has 0 saturated carbocycles. The fourth-order valence-electron chi connectivity index (χ4n) is 1.25. The van der Waals surface area contributed by atoms with Crippen molar-refractivity contribution in [3.8, 4) is 0 Å². The Hall–Kier alpha value is -0.300. The molecule has 0 saturated heterocycles. The number of hydrogen-bond donors (Lipinski definition) is 0. The van der Waals surface area contributed by atoms with Gasteiger partial charge in [0.25, 0.3) is 0 Å². The fourth-order valence-corrected chi connectivity index (χ4v) is 1.63. The van der Waals surface area contributed by atoms with E-state index in [-0.39, 0.29) is 0 Å². The standard InChI is InChI=1S/C10H13Br/c1-7(2)9-5-4-6-10(11)8(9)3/h4-7H,1-3H3. The van der Waals surface area contributed by atoms with Gasteiger partial charge in [-0.3, -0.25) is 0 Å². The van der Waals surface area contributed by atoms with Gasteiger partial charge in [0.05, 0.1) is 0 Å². The van der Waals surface area contributed by atoms with Crippen molar-refractivity contribution >= 4 is 15.9 Å². The minimum Gasteiger partial charge on any atom is -0.0608 e. The first kappa shape index (κ1) is 8.79. The summed E-state index contributed by atoms with van der Waals surface area (Å²) in [6.45, 7) is 6.59. The van der Waals surface area contributed by atoms with Gasteiger partial charge in [-0.15, -0.1) is 0 Å². The van der Waals surface area contributed by atoms with E-state index in [0.717, 1.165) is 0 Å². The van der Waals surface area contributed by atoms with Crippen molar-refractivity contribution < 1.29 is 0 Å². The van der Waals surface area contributed by atoms with Gasteiger partial charge >= 0.3 is 0 Å². The van der Waals surface area contributed by atoms with Crippen LogP contribution in [-0.2, 0) is 0 Å². The fraction of sp³-hybridized carbons (Fsp3) is 0.400. The lowest BCUT2D eigenvalue weighted by atomic mass is 9.98. The zero-order chi connectivity index (χ0) is 8.43. The Morgan fingerprint density at radius 2 is 1.91 bits per heavy atom. The van der Waals surface area contributed by atoms with Crippen LogP contribution in [0.3, 0.4) is 0 Å². The molecular weight excluding hydrogens is 200 g/mol. The maximum absolute atomic E-state index is 3.51. The van der Waals surface area contributed by atoms with Gasteiger partial charge in [-0.25, -0.2) is 0 Å². The van der Waals surface area contributed by atoms with Crippen LogP contribution < -0.4 is 0 Å². The van der Waals surface area contributed by atoms with Crippen molar-refractivity contribution in [2.45, 2.75) is 26.7 Å². The molecular formula is C10H13Br. The average molecular weight is 213 g/mol. The Bertz CT molecular complexity index is 251. The molecule has 0 spiro atoms. The third kappa shape index (κ3) is 1.84. The highest BCUT2D eigenvalue weighted by Gasteiger charge is 2.03. The van der Waals surface area contributed by atoms with Gasteiger partial charge < -0.3 is 0 Å². The number of rotatable bonds is 1. The lowest BCUT2D eigenvalue weighted by molar-refractivity contribution is 0.855. The van der Waals surface area contributed by atoms with E-state index in [1.54, 1.807) is 0 Å². The van der Waals surface area contributed by atoms with E-state index in [9.17, 15) is 0 Å². The molecule has 1 rings (SSSR count). The van der Waals surface area contributed by atoms with Gasteiger partial charge in [0.2, 0.25) is 0 Å². The first-order chi connectivity index (χ1) is 5.13. The Morgan fingerprint density at radius 1 is 1.27 bits per heavy atom. The van der Waals surface area contributed by atoms with Crippen LogP contribution >= 0.6 is 15.9 Å². The van der Waals surface area contributed by atoms with Gasteiger partial charge in [0.15, 0.2) is 0 Å². The minimum absolute atomic E-state index is 0.618. The summed E-state index contributed by atoms with van der Waals surface area (Å²) in [4.78, 5) is 0. The third-order valence-corrected chi connectivity index (χ3v) is 2.79. The Kier molecular flexibility index (Phi) is 2.72. The average Bonchev–Trinajstić information content (AvgIpc) is 1.94. The maximum atomic E-state index is 3.51. The van der Waals surface area contributed by atoms with Crippen molar-refractivity contribution in [2.75, 3.05) is 0 Å². The summed E-state index contributed by atoms with van der Waals surface area (Å²) in [7, 11) is 0. The molecule has 0 bridgehead atoms. The van der Waals surface area contributed by atoms with E-state index in [1.165, 1.54) is 15.6 Å². The number of halogens is 1. The zero-order valence-corrected chi connectivity index (χ0v) is 8.77. The Balaban J connectivity index is 3.17. The first-order valence-corrected chi connectivity index (χ1v) is 4.67. The third-order valence-electron chi connectivity index (χ3n) is 1.93. The van der Waals surface area contributed by atoms with Crippen LogP contribution in [-0.4, -0.2) is 0 Å². The molecule has 0 N–H and O–H groups in total. The first-order valence-electron chi connectivity index (χ1n) is 3.88. The molecule has 0 aliphatic rings. The molecule has 0 aliphatic carbocycles. The smallest absolute Gasteiger partial charge is 0.0207 e. The van der Waals surface area contributed by atoms with Gasteiger partial charge in [0.1, 0.15) is 0 Å². The van der Waals surface area contributed by atoms with Gasteiger partial charge in [-0.05, 0) is 30.0 Å². The molecule has 1 aromatic carbocycles. The number of hydrogen-bond acceptors (Lipinski definition) is 0. The molecule has 0 aliphatic heterocycles. The van der Waals surface area contributed by atoms with Crippen molar-refractivity contribution in [3.05, 3.63) is 33.8 Å². The highest BCUT2D eigenvalue weighted by molar-refractivity contribution is 9.10. The summed E-state index contributed by atoms with van der Waals surface area (Å²) in [5.74, 6) is 0.618. The molecule has 1 heteroatoms. The summed E-state index contributed by atoms with van der Waals surface area (Å²) in [6.07, 6.45) is 0. The second-order valence-electron chi connectivity index (χ2n) is 3.11. The molecule has 0 aromatic heterocycles. The van der Waals surface area contributed by atoms with Crippen LogP contribution in [0.4, 0.5) is 0 Å². The summed E-state index contributed by atoms with van der Waals surface area (Å²) >= 11 is 3.51. The second-order valence-corrected chi connectivity index (χ2v) is 3.96. The van der Waals surface area contributed by atoms with Crippen molar-refractivity contribution in [1.29, 1.82) is 0 Å². The predicted molar refractivity (Wildman–Crippen MR) is 53.0 cm³/mol. The molecule has 0 nitrogen and oxygen atoms in total. The Morgan fingerprint density at radius 3 is 2.36 bits per heavy atom. The molecule has 60 valence electrons. The lowest BCUT2D eigenvalue weighted by Gasteiger charge is -2.09. The van der Waals surface area contributed by atoms with E-state index in [0.29, 0.717) is 5.92 Å². The van der Waals surface area contributed by atoms with Crippen molar-refractivity contribution in [2.24, 2.45) is 0 Å². The van der Waals surface area contributed by atoms with Crippen LogP contribution in [0.25, 0.3) is 0 Å². The zero-order valence-electron chi connectivity index (χ0n) is 7.19. The van der Waals surface area contributed by atoms with Crippen LogP contribution in [0.1, 0.15) is 30.9 Å². The SMILES string of the molecule is Cc1c(Br)cccc1C(C)C. The van der Waals surface area contributed by atoms with E-state index >= 15 is 0 Å². The normalized spacial score (nSPS) is 10.6. The van der Waals surface area contributed by atoms with Crippen LogP contribution in [0.15, 0.2) is 22.7 Å². The minimum atomic E-state index is 0.618. The highest BCUT2D eigenvalue weighted by Crippen LogP contribution is 2.24. The second kappa shape index (κ2) is 3.40. The molecule has 0 heterocycles. The van der Waals surface area contributed by atoms with Gasteiger partial charge in [0, 0.05) is 4.47 Å². The molecule has 0 radical (unpaired) electrons. The van der Waals surface area contributed by atoms with E-state index < -0.39 is 0 Å². The lowest BCUT2D eigenvalue weighted by Crippen LogP contribution is -1.91. The number of benzene rings is 1. The predicted octanol–water partition coefficient (Wildman–Crippen LogP) is 3.88. The van der Waals surface area contributed by atoms with Gasteiger partial charge in [-0.2, -0.15) is 0 Å². The summed E-state index contributed by atoms with van der Waals surface area (Å²) < 4.78 is 1.21. The molecule has 0 unspecified atom stereocenters. The molecule has 0 amide bonds. The monoisotopic (exact) mass is 212 g/mol. The summed E-state index contributed by atoms with van der Waals surface area (Å²) in [5.41, 5.74) is 2.79. The van der Waals surface area contributed by atoms with Crippen molar-refractivity contribution in [1.82, 2.24) is 0 Å². The van der Waals surface area contributed by atoms with E-state index in [4.69, 9.17) is 0 Å². The van der Waals surface area contributed by atoms with Gasteiger partial charge in [-0.1, -0.05) is 41.9 Å².